The average Bonchev–Trinajstić information content (AvgIpc) is 3.02. The van der Waals surface area contributed by atoms with Crippen molar-refractivity contribution in [2.45, 2.75) is 11.0 Å². The van der Waals surface area contributed by atoms with Crippen LogP contribution in [-0.4, -0.2) is 17.3 Å². The van der Waals surface area contributed by atoms with Crippen LogP contribution in [0.1, 0.15) is 5.56 Å². The molecule has 0 saturated carbocycles. The number of halogens is 2. The van der Waals surface area contributed by atoms with Crippen LogP contribution in [0.4, 0.5) is 4.39 Å². The summed E-state index contributed by atoms with van der Waals surface area (Å²) in [5.74, 6) is 0.817. The number of hydrogen-bond donors (Lipinski definition) is 0. The Labute approximate surface area is 145 Å². The van der Waals surface area contributed by atoms with E-state index in [2.05, 4.69) is 26.1 Å². The Kier molecular flexibility index (Phi) is 4.97. The van der Waals surface area contributed by atoms with Gasteiger partial charge in [0.25, 0.3) is 5.22 Å². The molecule has 0 amide bonds. The van der Waals surface area contributed by atoms with E-state index in [9.17, 15) is 4.39 Å². The molecule has 0 radical (unpaired) electrons. The van der Waals surface area contributed by atoms with Gasteiger partial charge in [0.2, 0.25) is 5.89 Å². The van der Waals surface area contributed by atoms with Crippen molar-refractivity contribution < 1.29 is 13.5 Å². The summed E-state index contributed by atoms with van der Waals surface area (Å²) in [7, 11) is 1.44. The van der Waals surface area contributed by atoms with Crippen LogP contribution < -0.4 is 4.74 Å². The summed E-state index contributed by atoms with van der Waals surface area (Å²) < 4.78 is 25.1. The predicted molar refractivity (Wildman–Crippen MR) is 89.9 cm³/mol. The molecule has 4 nitrogen and oxygen atoms in total. The first-order chi connectivity index (χ1) is 11.2. The monoisotopic (exact) mass is 394 g/mol. The number of nitrogens with zero attached hydrogens (tertiary/aromatic N) is 2. The number of methoxy groups -OCH3 is 1. The number of benzene rings is 2. The second kappa shape index (κ2) is 7.14. The molecular formula is C16H12BrFN2O2S. The lowest BCUT2D eigenvalue weighted by molar-refractivity contribution is 0.386. The number of ether oxygens (including phenoxy) is 1. The highest BCUT2D eigenvalue weighted by Gasteiger charge is 2.12. The molecule has 0 fully saturated rings. The maximum absolute atomic E-state index is 13.7. The topological polar surface area (TPSA) is 48.2 Å². The molecule has 0 spiro atoms. The van der Waals surface area contributed by atoms with E-state index < -0.39 is 0 Å². The van der Waals surface area contributed by atoms with Gasteiger partial charge in [0, 0.05) is 10.2 Å². The maximum atomic E-state index is 13.7. The Morgan fingerprint density at radius 1 is 1.22 bits per heavy atom. The van der Waals surface area contributed by atoms with Crippen LogP contribution in [-0.2, 0) is 5.75 Å². The third kappa shape index (κ3) is 3.73. The average molecular weight is 395 g/mol. The Bertz CT molecular complexity index is 825. The van der Waals surface area contributed by atoms with Crippen LogP contribution in [0.3, 0.4) is 0 Å². The van der Waals surface area contributed by atoms with Crippen molar-refractivity contribution in [1.29, 1.82) is 0 Å². The predicted octanol–water partition coefficient (Wildman–Crippen LogP) is 4.94. The molecule has 0 aliphatic heterocycles. The minimum atomic E-state index is -0.384. The smallest absolute Gasteiger partial charge is 0.277 e. The lowest BCUT2D eigenvalue weighted by Gasteiger charge is -2.03. The van der Waals surface area contributed by atoms with Crippen molar-refractivity contribution in [3.05, 3.63) is 58.3 Å². The molecule has 0 unspecified atom stereocenters. The zero-order valence-electron chi connectivity index (χ0n) is 12.1. The van der Waals surface area contributed by atoms with Crippen LogP contribution in [0.25, 0.3) is 11.5 Å². The summed E-state index contributed by atoms with van der Waals surface area (Å²) >= 11 is 4.81. The number of aromatic nitrogens is 2. The van der Waals surface area contributed by atoms with Crippen LogP contribution in [0, 0.1) is 5.82 Å². The van der Waals surface area contributed by atoms with Crippen molar-refractivity contribution in [2.24, 2.45) is 0 Å². The van der Waals surface area contributed by atoms with Gasteiger partial charge in [-0.2, -0.15) is 0 Å². The third-order valence-corrected chi connectivity index (χ3v) is 4.67. The van der Waals surface area contributed by atoms with Crippen molar-refractivity contribution in [1.82, 2.24) is 10.2 Å². The highest BCUT2D eigenvalue weighted by atomic mass is 79.9. The first kappa shape index (κ1) is 16.0. The molecule has 0 atom stereocenters. The minimum Gasteiger partial charge on any atom is -0.494 e. The second-order valence-corrected chi connectivity index (χ2v) is 6.39. The SMILES string of the molecule is COc1ccc(CSc2nnc(-c3ccccc3Br)o2)cc1F. The van der Waals surface area contributed by atoms with Gasteiger partial charge in [-0.3, -0.25) is 0 Å². The largest absolute Gasteiger partial charge is 0.494 e. The van der Waals surface area contributed by atoms with Crippen LogP contribution in [0.15, 0.2) is 56.6 Å². The first-order valence-corrected chi connectivity index (χ1v) is 8.49. The van der Waals surface area contributed by atoms with Gasteiger partial charge in [-0.05, 0) is 45.8 Å². The lowest BCUT2D eigenvalue weighted by Crippen LogP contribution is -1.90. The van der Waals surface area contributed by atoms with Gasteiger partial charge in [0.1, 0.15) is 0 Å². The summed E-state index contributed by atoms with van der Waals surface area (Å²) in [6, 6.07) is 12.5. The molecule has 118 valence electrons. The molecule has 0 aliphatic carbocycles. The van der Waals surface area contributed by atoms with Gasteiger partial charge in [-0.25, -0.2) is 4.39 Å². The summed E-state index contributed by atoms with van der Waals surface area (Å²) in [6.07, 6.45) is 0. The van der Waals surface area contributed by atoms with E-state index in [1.54, 1.807) is 12.1 Å². The van der Waals surface area contributed by atoms with E-state index in [0.29, 0.717) is 16.9 Å². The molecule has 0 aliphatic rings. The van der Waals surface area contributed by atoms with Crippen molar-refractivity contribution in [3.63, 3.8) is 0 Å². The molecule has 1 heterocycles. The van der Waals surface area contributed by atoms with Gasteiger partial charge in [-0.1, -0.05) is 30.0 Å². The molecule has 3 aromatic rings. The van der Waals surface area contributed by atoms with Crippen molar-refractivity contribution >= 4 is 27.7 Å². The fraction of sp³-hybridized carbons (Fsp3) is 0.125. The van der Waals surface area contributed by atoms with E-state index in [1.165, 1.54) is 24.9 Å². The Morgan fingerprint density at radius 2 is 2.04 bits per heavy atom. The van der Waals surface area contributed by atoms with E-state index in [4.69, 9.17) is 9.15 Å². The second-order valence-electron chi connectivity index (χ2n) is 4.61. The van der Waals surface area contributed by atoms with Crippen LogP contribution in [0.5, 0.6) is 5.75 Å². The van der Waals surface area contributed by atoms with Gasteiger partial charge in [0.05, 0.1) is 12.7 Å². The highest BCUT2D eigenvalue weighted by molar-refractivity contribution is 9.10. The van der Waals surface area contributed by atoms with E-state index in [-0.39, 0.29) is 11.6 Å². The van der Waals surface area contributed by atoms with Gasteiger partial charge in [0.15, 0.2) is 11.6 Å². The minimum absolute atomic E-state index is 0.229. The normalized spacial score (nSPS) is 10.7. The molecule has 23 heavy (non-hydrogen) atoms. The van der Waals surface area contributed by atoms with Gasteiger partial charge in [-0.15, -0.1) is 10.2 Å². The fourth-order valence-electron chi connectivity index (χ4n) is 1.96. The summed E-state index contributed by atoms with van der Waals surface area (Å²) in [5, 5.41) is 8.49. The molecule has 7 heteroatoms. The molecular weight excluding hydrogens is 383 g/mol. The third-order valence-electron chi connectivity index (χ3n) is 3.09. The van der Waals surface area contributed by atoms with Gasteiger partial charge >= 0.3 is 0 Å². The summed E-state index contributed by atoms with van der Waals surface area (Å²) in [6.45, 7) is 0. The van der Waals surface area contributed by atoms with E-state index in [1.807, 2.05) is 24.3 Å². The Hall–Kier alpha value is -1.86. The first-order valence-electron chi connectivity index (χ1n) is 6.71. The molecule has 0 bridgehead atoms. The standard InChI is InChI=1S/C16H12BrFN2O2S/c1-21-14-7-6-10(8-13(14)18)9-23-16-20-19-15(22-16)11-4-2-3-5-12(11)17/h2-8H,9H2,1H3. The van der Waals surface area contributed by atoms with Crippen molar-refractivity contribution in [3.8, 4) is 17.2 Å². The Balaban J connectivity index is 1.70. The highest BCUT2D eigenvalue weighted by Crippen LogP contribution is 2.30. The number of thioether (sulfide) groups is 1. The molecule has 2 aromatic carbocycles. The summed E-state index contributed by atoms with van der Waals surface area (Å²) in [5.41, 5.74) is 1.65. The maximum Gasteiger partial charge on any atom is 0.277 e. The lowest BCUT2D eigenvalue weighted by atomic mass is 10.2. The molecule has 0 saturated heterocycles. The molecule has 3 rings (SSSR count). The quantitative estimate of drug-likeness (QED) is 0.573. The molecule has 1 aromatic heterocycles. The zero-order chi connectivity index (χ0) is 16.2. The Morgan fingerprint density at radius 3 is 2.78 bits per heavy atom. The number of hydrogen-bond acceptors (Lipinski definition) is 5. The molecule has 0 N–H and O–H groups in total. The van der Waals surface area contributed by atoms with Crippen LogP contribution in [0.2, 0.25) is 0 Å². The van der Waals surface area contributed by atoms with Gasteiger partial charge < -0.3 is 9.15 Å². The summed E-state index contributed by atoms with van der Waals surface area (Å²) in [4.78, 5) is 0. The van der Waals surface area contributed by atoms with E-state index in [0.717, 1.165) is 15.6 Å². The zero-order valence-corrected chi connectivity index (χ0v) is 14.5. The van der Waals surface area contributed by atoms with Crippen LogP contribution >= 0.6 is 27.7 Å². The van der Waals surface area contributed by atoms with Crippen molar-refractivity contribution in [2.75, 3.05) is 7.11 Å². The van der Waals surface area contributed by atoms with E-state index >= 15 is 0 Å². The number of rotatable bonds is 5. The fourth-order valence-corrected chi connectivity index (χ4v) is 3.12.